The predicted octanol–water partition coefficient (Wildman–Crippen LogP) is -1.16. The van der Waals surface area contributed by atoms with Crippen molar-refractivity contribution in [1.82, 2.24) is 0 Å². The summed E-state index contributed by atoms with van der Waals surface area (Å²) in [7, 11) is -1.28. The maximum atomic E-state index is 8.84. The largest absolute Gasteiger partial charge is 1.00 e. The third-order valence-electron chi connectivity index (χ3n) is 3.76. The van der Waals surface area contributed by atoms with Gasteiger partial charge in [0.2, 0.25) is 0 Å². The average molecular weight is 473 g/mol. The van der Waals surface area contributed by atoms with Gasteiger partial charge in [0.1, 0.15) is 0 Å². The van der Waals surface area contributed by atoms with Gasteiger partial charge in [0.05, 0.1) is 0 Å². The molecule has 0 fully saturated rings. The molecule has 1 aliphatic carbocycles. The molecule has 2 aromatic rings. The van der Waals surface area contributed by atoms with Crippen molar-refractivity contribution in [3.05, 3.63) is 65.9 Å². The molecule has 0 amide bonds. The first-order chi connectivity index (χ1) is 11.0. The van der Waals surface area contributed by atoms with Crippen LogP contribution >= 0.6 is 0 Å². The van der Waals surface area contributed by atoms with Gasteiger partial charge in [-0.2, -0.15) is 23.6 Å². The maximum absolute atomic E-state index is 8.84. The fraction of sp³-hybridized carbons (Fsp3) is 0.300. The molecule has 0 aliphatic heterocycles. The molecular formula is C20H26Cl2OSiZr-2. The summed E-state index contributed by atoms with van der Waals surface area (Å²) >= 11 is 1.51. The van der Waals surface area contributed by atoms with Crippen molar-refractivity contribution in [1.29, 1.82) is 0 Å². The van der Waals surface area contributed by atoms with E-state index in [0.717, 1.165) is 12.5 Å². The van der Waals surface area contributed by atoms with E-state index >= 15 is 0 Å². The molecule has 0 atom stereocenters. The Labute approximate surface area is 180 Å². The van der Waals surface area contributed by atoms with Crippen LogP contribution in [0.3, 0.4) is 0 Å². The molecule has 1 aliphatic rings. The molecule has 2 aromatic carbocycles. The minimum Gasteiger partial charge on any atom is -1.00 e. The van der Waals surface area contributed by atoms with Gasteiger partial charge in [-0.15, -0.1) is 36.1 Å². The van der Waals surface area contributed by atoms with Gasteiger partial charge in [0, 0.05) is 6.61 Å². The van der Waals surface area contributed by atoms with E-state index in [2.05, 4.69) is 77.5 Å². The van der Waals surface area contributed by atoms with E-state index in [4.69, 9.17) is 5.11 Å². The molecule has 136 valence electrons. The summed E-state index contributed by atoms with van der Waals surface area (Å²) in [5.41, 5.74) is 0. The molecule has 0 spiro atoms. The van der Waals surface area contributed by atoms with Crippen LogP contribution in [-0.4, -0.2) is 23.5 Å². The normalized spacial score (nSPS) is 11.8. The van der Waals surface area contributed by atoms with Gasteiger partial charge in [0.25, 0.3) is 0 Å². The molecule has 0 saturated carbocycles. The van der Waals surface area contributed by atoms with Crippen LogP contribution in [0.15, 0.2) is 59.8 Å². The number of rotatable bonds is 3. The molecule has 0 bridgehead atoms. The zero-order valence-corrected chi connectivity index (χ0v) is 20.1. The number of fused-ring (bicyclic) bond motifs is 1. The van der Waals surface area contributed by atoms with Crippen LogP contribution in [0, 0.1) is 6.08 Å². The van der Waals surface area contributed by atoms with Gasteiger partial charge >= 0.3 is 34.9 Å². The summed E-state index contributed by atoms with van der Waals surface area (Å²) in [6.07, 6.45) is 8.48. The summed E-state index contributed by atoms with van der Waals surface area (Å²) in [5, 5.41) is 12.9. The molecular weight excluding hydrogens is 446 g/mol. The number of benzene rings is 1. The van der Waals surface area contributed by atoms with Gasteiger partial charge in [-0.05, 0) is 14.1 Å². The minimum atomic E-state index is -1.28. The zero-order valence-electron chi connectivity index (χ0n) is 15.1. The van der Waals surface area contributed by atoms with Crippen LogP contribution < -0.4 is 24.8 Å². The third kappa shape index (κ3) is 9.92. The Morgan fingerprint density at radius 3 is 2.40 bits per heavy atom. The second-order valence-electron chi connectivity index (χ2n) is 6.01. The van der Waals surface area contributed by atoms with Crippen molar-refractivity contribution in [2.75, 3.05) is 6.61 Å². The van der Waals surface area contributed by atoms with Crippen LogP contribution in [0.2, 0.25) is 19.1 Å². The first kappa shape index (κ1) is 27.0. The Balaban J connectivity index is 0. The van der Waals surface area contributed by atoms with E-state index in [1.807, 2.05) is 6.92 Å². The van der Waals surface area contributed by atoms with Crippen LogP contribution in [0.1, 0.15) is 13.3 Å². The summed E-state index contributed by atoms with van der Waals surface area (Å²) in [5.74, 6) is 0. The minimum absolute atomic E-state index is 0. The number of hydrogen-bond acceptors (Lipinski definition) is 1. The smallest absolute Gasteiger partial charge is 0.0397 e. The van der Waals surface area contributed by atoms with E-state index in [-0.39, 0.29) is 24.8 Å². The fourth-order valence-corrected chi connectivity index (χ4v) is 4.36. The first-order valence-electron chi connectivity index (χ1n) is 7.99. The molecule has 0 heterocycles. The molecule has 0 saturated heterocycles. The molecule has 1 N–H and O–H groups in total. The summed E-state index contributed by atoms with van der Waals surface area (Å²) in [6.45, 7) is 6.94. The Kier molecular flexibility index (Phi) is 16.2. The number of aliphatic hydroxyl groups is 1. The van der Waals surface area contributed by atoms with Crippen molar-refractivity contribution >= 4 is 22.6 Å². The fourth-order valence-electron chi connectivity index (χ4n) is 2.36. The SMILES string of the molecule is C[CH]=[Zr+2].C[Si](C)(CCO)C1=CC[C-]=C1.[Cl-].[Cl-].c1ccc2[cH-]ccc2c1. The Morgan fingerprint density at radius 2 is 1.88 bits per heavy atom. The standard InChI is InChI=1S/C9H15OSi.C9H7.C2H4.2ClH.Zr/c1-11(2,8-7-10)9-5-3-4-6-9;1-2-5-9-7-3-6-8(9)4-1;1-2;;;/h5-6,10H,3,7-8H2,1-2H3;1-7H;1H,2H3;2*1H;/q2*-1;;;;+2/p-2. The van der Waals surface area contributed by atoms with Crippen LogP contribution in [0.5, 0.6) is 0 Å². The van der Waals surface area contributed by atoms with Crippen molar-refractivity contribution in [2.24, 2.45) is 0 Å². The number of hydrogen-bond donors (Lipinski definition) is 1. The van der Waals surface area contributed by atoms with Crippen LogP contribution in [0.25, 0.3) is 10.8 Å². The molecule has 0 aromatic heterocycles. The molecule has 3 rings (SSSR count). The van der Waals surface area contributed by atoms with Crippen molar-refractivity contribution < 1.29 is 54.2 Å². The van der Waals surface area contributed by atoms with Crippen LogP contribution in [0.4, 0.5) is 0 Å². The zero-order chi connectivity index (χ0) is 17.1. The van der Waals surface area contributed by atoms with E-state index in [9.17, 15) is 0 Å². The number of allylic oxidation sites excluding steroid dienone is 4. The number of halogens is 2. The third-order valence-corrected chi connectivity index (χ3v) is 7.15. The predicted molar refractivity (Wildman–Crippen MR) is 101 cm³/mol. The monoisotopic (exact) mass is 470 g/mol. The average Bonchev–Trinajstić information content (AvgIpc) is 3.21. The van der Waals surface area contributed by atoms with Gasteiger partial charge in [-0.3, -0.25) is 6.08 Å². The second-order valence-corrected chi connectivity index (χ2v) is 12.3. The van der Waals surface area contributed by atoms with Gasteiger partial charge in [0.15, 0.2) is 0 Å². The van der Waals surface area contributed by atoms with Gasteiger partial charge in [-0.25, -0.2) is 11.3 Å². The summed E-state index contributed by atoms with van der Waals surface area (Å²) in [4.78, 5) is 0. The molecule has 25 heavy (non-hydrogen) atoms. The Morgan fingerprint density at radius 1 is 1.24 bits per heavy atom. The van der Waals surface area contributed by atoms with Gasteiger partial charge < -0.3 is 29.9 Å². The maximum Gasteiger partial charge on any atom is 0.0397 e. The molecule has 5 heteroatoms. The summed E-state index contributed by atoms with van der Waals surface area (Å²) in [6, 6.07) is 15.6. The van der Waals surface area contributed by atoms with Crippen molar-refractivity contribution in [2.45, 2.75) is 32.5 Å². The molecule has 0 radical (unpaired) electrons. The summed E-state index contributed by atoms with van der Waals surface area (Å²) < 4.78 is 2.09. The second kappa shape index (κ2) is 14.9. The Hall–Kier alpha value is -0.180. The van der Waals surface area contributed by atoms with Crippen molar-refractivity contribution in [3.63, 3.8) is 0 Å². The van der Waals surface area contributed by atoms with E-state index in [1.54, 1.807) is 0 Å². The van der Waals surface area contributed by atoms with Crippen molar-refractivity contribution in [3.8, 4) is 0 Å². The Bertz CT molecular complexity index is 632. The van der Waals surface area contributed by atoms with Gasteiger partial charge in [-0.1, -0.05) is 19.2 Å². The van der Waals surface area contributed by atoms with Crippen LogP contribution in [-0.2, 0) is 24.2 Å². The van der Waals surface area contributed by atoms with E-state index in [0.29, 0.717) is 6.61 Å². The molecule has 0 unspecified atom stereocenters. The van der Waals surface area contributed by atoms with E-state index in [1.165, 1.54) is 40.2 Å². The molecule has 1 nitrogen and oxygen atoms in total. The topological polar surface area (TPSA) is 20.2 Å². The first-order valence-corrected chi connectivity index (χ1v) is 12.6. The quantitative estimate of drug-likeness (QED) is 0.442. The number of aliphatic hydroxyl groups excluding tert-OH is 1. The van der Waals surface area contributed by atoms with E-state index < -0.39 is 8.07 Å².